The van der Waals surface area contributed by atoms with Gasteiger partial charge in [0, 0.05) is 17.5 Å². The maximum atomic E-state index is 10.8. The lowest BCUT2D eigenvalue weighted by Gasteiger charge is -2.38. The zero-order valence-corrected chi connectivity index (χ0v) is 17.3. The fourth-order valence-corrected chi connectivity index (χ4v) is 4.38. The van der Waals surface area contributed by atoms with Gasteiger partial charge in [-0.3, -0.25) is 4.79 Å². The fourth-order valence-electron chi connectivity index (χ4n) is 4.38. The molecule has 2 aliphatic heterocycles. The molecule has 1 aromatic carbocycles. The minimum atomic E-state index is -0.720. The van der Waals surface area contributed by atoms with E-state index < -0.39 is 5.97 Å². The minimum Gasteiger partial charge on any atom is -0.494 e. The van der Waals surface area contributed by atoms with Crippen molar-refractivity contribution in [1.29, 1.82) is 0 Å². The van der Waals surface area contributed by atoms with Crippen molar-refractivity contribution < 1.29 is 19.4 Å². The van der Waals surface area contributed by atoms with E-state index in [0.717, 1.165) is 57.1 Å². The second-order valence-electron chi connectivity index (χ2n) is 8.33. The van der Waals surface area contributed by atoms with Gasteiger partial charge in [0.15, 0.2) is 0 Å². The van der Waals surface area contributed by atoms with Gasteiger partial charge in [-0.1, -0.05) is 39.0 Å². The Hall–Kier alpha value is -1.75. The smallest absolute Gasteiger partial charge is 0.304 e. The molecule has 0 aromatic heterocycles. The van der Waals surface area contributed by atoms with E-state index in [0.29, 0.717) is 6.54 Å². The standard InChI is InChI=1S/C23H35NO4/c1-2-3-4-5-6-7-16-27-19-8-9-21-20(17-19)23(18-28-21)11-14-24(15-12-23)13-10-22(25)26/h8-9,17H,2-7,10-16,18H2,1H3,(H,25,26). The van der Waals surface area contributed by atoms with E-state index in [9.17, 15) is 4.79 Å². The highest BCUT2D eigenvalue weighted by molar-refractivity contribution is 5.66. The number of rotatable bonds is 11. The molecule has 156 valence electrons. The monoisotopic (exact) mass is 389 g/mol. The highest BCUT2D eigenvalue weighted by Gasteiger charge is 2.43. The van der Waals surface area contributed by atoms with Crippen molar-refractivity contribution in [2.24, 2.45) is 0 Å². The number of piperidine rings is 1. The summed E-state index contributed by atoms with van der Waals surface area (Å²) < 4.78 is 12.0. The number of ether oxygens (including phenoxy) is 2. The SMILES string of the molecule is CCCCCCCCOc1ccc2c(c1)C1(CCN(CCC(=O)O)CC1)CO2. The first-order valence-corrected chi connectivity index (χ1v) is 11.0. The third-order valence-corrected chi connectivity index (χ3v) is 6.25. The van der Waals surface area contributed by atoms with Crippen molar-refractivity contribution in [2.75, 3.05) is 32.8 Å². The number of nitrogens with zero attached hydrogens (tertiary/aromatic N) is 1. The van der Waals surface area contributed by atoms with Gasteiger partial charge in [-0.05, 0) is 50.6 Å². The van der Waals surface area contributed by atoms with Crippen LogP contribution in [0.25, 0.3) is 0 Å². The summed E-state index contributed by atoms with van der Waals surface area (Å²) in [4.78, 5) is 13.1. The molecule has 5 heteroatoms. The van der Waals surface area contributed by atoms with Gasteiger partial charge in [0.2, 0.25) is 0 Å². The Morgan fingerprint density at radius 2 is 1.93 bits per heavy atom. The molecule has 5 nitrogen and oxygen atoms in total. The van der Waals surface area contributed by atoms with Crippen LogP contribution in [0.15, 0.2) is 18.2 Å². The van der Waals surface area contributed by atoms with Gasteiger partial charge >= 0.3 is 5.97 Å². The van der Waals surface area contributed by atoms with E-state index in [1.807, 2.05) is 6.07 Å². The summed E-state index contributed by atoms with van der Waals surface area (Å²) in [6.45, 7) is 6.25. The third-order valence-electron chi connectivity index (χ3n) is 6.25. The van der Waals surface area contributed by atoms with Gasteiger partial charge in [0.1, 0.15) is 11.5 Å². The number of carboxylic acid groups (broad SMARTS) is 1. The van der Waals surface area contributed by atoms with E-state index in [-0.39, 0.29) is 11.8 Å². The van der Waals surface area contributed by atoms with E-state index >= 15 is 0 Å². The Labute approximate surface area is 169 Å². The molecule has 1 spiro atoms. The number of likely N-dealkylation sites (tertiary alicyclic amines) is 1. The lowest BCUT2D eigenvalue weighted by Crippen LogP contribution is -2.44. The number of hydrogen-bond acceptors (Lipinski definition) is 4. The topological polar surface area (TPSA) is 59.0 Å². The van der Waals surface area contributed by atoms with Crippen LogP contribution in [0, 0.1) is 0 Å². The number of carbonyl (C=O) groups is 1. The summed E-state index contributed by atoms with van der Waals surface area (Å²) in [7, 11) is 0. The molecule has 1 saturated heterocycles. The molecule has 0 saturated carbocycles. The molecular weight excluding hydrogens is 354 g/mol. The van der Waals surface area contributed by atoms with E-state index in [1.165, 1.54) is 37.7 Å². The molecule has 0 atom stereocenters. The van der Waals surface area contributed by atoms with E-state index in [1.54, 1.807) is 0 Å². The molecule has 2 heterocycles. The van der Waals surface area contributed by atoms with Crippen LogP contribution in [0.1, 0.15) is 70.3 Å². The van der Waals surface area contributed by atoms with Crippen LogP contribution in [-0.2, 0) is 10.2 Å². The highest BCUT2D eigenvalue weighted by atomic mass is 16.5. The maximum absolute atomic E-state index is 10.8. The summed E-state index contributed by atoms with van der Waals surface area (Å²) >= 11 is 0. The normalized spacial score (nSPS) is 18.0. The molecule has 1 fully saturated rings. The number of aliphatic carboxylic acids is 1. The van der Waals surface area contributed by atoms with Crippen LogP contribution >= 0.6 is 0 Å². The summed E-state index contributed by atoms with van der Waals surface area (Å²) in [5.74, 6) is 1.22. The largest absolute Gasteiger partial charge is 0.494 e. The van der Waals surface area contributed by atoms with Crippen LogP contribution < -0.4 is 9.47 Å². The Bertz CT molecular complexity index is 637. The molecule has 28 heavy (non-hydrogen) atoms. The Balaban J connectivity index is 1.50. The Morgan fingerprint density at radius 1 is 1.18 bits per heavy atom. The van der Waals surface area contributed by atoms with Gasteiger partial charge in [0.05, 0.1) is 19.6 Å². The molecule has 0 unspecified atom stereocenters. The number of carboxylic acids is 1. The van der Waals surface area contributed by atoms with Gasteiger partial charge in [-0.25, -0.2) is 0 Å². The van der Waals surface area contributed by atoms with E-state index in [4.69, 9.17) is 14.6 Å². The molecule has 3 rings (SSSR count). The second kappa shape index (κ2) is 10.1. The van der Waals surface area contributed by atoms with Gasteiger partial charge in [0.25, 0.3) is 0 Å². The van der Waals surface area contributed by atoms with E-state index in [2.05, 4.69) is 24.0 Å². The predicted octanol–water partition coefficient (Wildman–Crippen LogP) is 4.63. The fraction of sp³-hybridized carbons (Fsp3) is 0.696. The van der Waals surface area contributed by atoms with Crippen molar-refractivity contribution >= 4 is 5.97 Å². The first kappa shape index (κ1) is 21.0. The first-order valence-electron chi connectivity index (χ1n) is 11.0. The lowest BCUT2D eigenvalue weighted by atomic mass is 9.74. The van der Waals surface area contributed by atoms with Crippen LogP contribution in [0.3, 0.4) is 0 Å². The quantitative estimate of drug-likeness (QED) is 0.559. The molecule has 1 aromatic rings. The molecule has 2 aliphatic rings. The predicted molar refractivity (Wildman–Crippen MR) is 110 cm³/mol. The number of unbranched alkanes of at least 4 members (excludes halogenated alkanes) is 5. The molecular formula is C23H35NO4. The average Bonchev–Trinajstić information content (AvgIpc) is 3.04. The summed E-state index contributed by atoms with van der Waals surface area (Å²) in [6, 6.07) is 6.26. The molecule has 1 N–H and O–H groups in total. The molecule has 0 aliphatic carbocycles. The van der Waals surface area contributed by atoms with Crippen LogP contribution in [0.2, 0.25) is 0 Å². The van der Waals surface area contributed by atoms with Gasteiger partial charge < -0.3 is 19.5 Å². The summed E-state index contributed by atoms with van der Waals surface area (Å²) in [5.41, 5.74) is 1.35. The number of benzene rings is 1. The zero-order chi connectivity index (χ0) is 19.8. The zero-order valence-electron chi connectivity index (χ0n) is 17.3. The van der Waals surface area contributed by atoms with Crippen molar-refractivity contribution in [2.45, 2.75) is 70.1 Å². The minimum absolute atomic E-state index is 0.0641. The Morgan fingerprint density at radius 3 is 2.68 bits per heavy atom. The number of fused-ring (bicyclic) bond motifs is 2. The lowest BCUT2D eigenvalue weighted by molar-refractivity contribution is -0.137. The molecule has 0 radical (unpaired) electrons. The highest BCUT2D eigenvalue weighted by Crippen LogP contribution is 2.46. The number of hydrogen-bond donors (Lipinski definition) is 1. The molecule has 0 amide bonds. The van der Waals surface area contributed by atoms with Crippen molar-refractivity contribution in [1.82, 2.24) is 4.90 Å². The van der Waals surface area contributed by atoms with Crippen molar-refractivity contribution in [3.05, 3.63) is 23.8 Å². The van der Waals surface area contributed by atoms with Crippen molar-refractivity contribution in [3.8, 4) is 11.5 Å². The van der Waals surface area contributed by atoms with Crippen molar-refractivity contribution in [3.63, 3.8) is 0 Å². The summed E-state index contributed by atoms with van der Waals surface area (Å²) in [5, 5.41) is 8.89. The van der Waals surface area contributed by atoms with Crippen LogP contribution in [0.5, 0.6) is 11.5 Å². The first-order chi connectivity index (χ1) is 13.6. The van der Waals surface area contributed by atoms with Gasteiger partial charge in [-0.15, -0.1) is 0 Å². The van der Waals surface area contributed by atoms with Gasteiger partial charge in [-0.2, -0.15) is 0 Å². The maximum Gasteiger partial charge on any atom is 0.304 e. The molecule has 0 bridgehead atoms. The van der Waals surface area contributed by atoms with Crippen LogP contribution in [0.4, 0.5) is 0 Å². The second-order valence-corrected chi connectivity index (χ2v) is 8.33. The Kier molecular flexibility index (Phi) is 7.60. The van der Waals surface area contributed by atoms with Crippen LogP contribution in [-0.4, -0.2) is 48.8 Å². The average molecular weight is 390 g/mol. The third kappa shape index (κ3) is 5.40. The summed E-state index contributed by atoms with van der Waals surface area (Å²) in [6.07, 6.45) is 9.85.